The van der Waals surface area contributed by atoms with E-state index >= 15 is 0 Å². The molecule has 39 heavy (non-hydrogen) atoms. The Balaban J connectivity index is 1.72. The van der Waals surface area contributed by atoms with Crippen LogP contribution in [0.25, 0.3) is 0 Å². The number of carbonyl (C=O) groups excluding carboxylic acids is 1. The van der Waals surface area contributed by atoms with Crippen molar-refractivity contribution in [3.63, 3.8) is 0 Å². The Hall–Kier alpha value is -3.20. The molecule has 0 saturated carbocycles. The molecule has 0 aliphatic carbocycles. The number of hydrogen-bond donors (Lipinski definition) is 2. The van der Waals surface area contributed by atoms with Gasteiger partial charge >= 0.3 is 0 Å². The highest BCUT2D eigenvalue weighted by Gasteiger charge is 2.53. The van der Waals surface area contributed by atoms with Gasteiger partial charge in [-0.15, -0.1) is 0 Å². The highest BCUT2D eigenvalue weighted by Crippen LogP contribution is 2.43. The average Bonchev–Trinajstić information content (AvgIpc) is 3.34. The van der Waals surface area contributed by atoms with Crippen LogP contribution in [0.5, 0.6) is 5.75 Å². The first-order chi connectivity index (χ1) is 18.9. The first-order valence-corrected chi connectivity index (χ1v) is 14.0. The van der Waals surface area contributed by atoms with Crippen LogP contribution in [0.4, 0.5) is 0 Å². The molecule has 4 rings (SSSR count). The van der Waals surface area contributed by atoms with E-state index in [2.05, 4.69) is 26.1 Å². The van der Waals surface area contributed by atoms with E-state index in [1.54, 1.807) is 0 Å². The second kappa shape index (κ2) is 13.7. The molecule has 1 aliphatic heterocycles. The van der Waals surface area contributed by atoms with Gasteiger partial charge in [0.15, 0.2) is 11.6 Å². The molecule has 1 heterocycles. The van der Waals surface area contributed by atoms with Gasteiger partial charge in [-0.1, -0.05) is 64.5 Å². The molecular formula is C31H36BrN3O4. The number of amides is 1. The van der Waals surface area contributed by atoms with Crippen LogP contribution in [0.2, 0.25) is 0 Å². The highest BCUT2D eigenvalue weighted by atomic mass is 79.9. The summed E-state index contributed by atoms with van der Waals surface area (Å²) in [5, 5.41) is 12.2. The number of rotatable bonds is 13. The van der Waals surface area contributed by atoms with Crippen molar-refractivity contribution in [3.05, 3.63) is 100 Å². The van der Waals surface area contributed by atoms with Gasteiger partial charge in [-0.05, 0) is 68.5 Å². The summed E-state index contributed by atoms with van der Waals surface area (Å²) in [6.45, 7) is 1.94. The normalized spacial score (nSPS) is 18.5. The Labute approximate surface area is 239 Å². The molecule has 0 aromatic heterocycles. The van der Waals surface area contributed by atoms with Crippen LogP contribution in [-0.4, -0.2) is 67.7 Å². The SMILES string of the molecule is CN(C)CCCNC(=O)[C@]1(Cc2ccccc2Br)N=C(c2ccc(OCCCO)cc2)O[C@@H]1c1ccccc1. The van der Waals surface area contributed by atoms with E-state index in [9.17, 15) is 4.79 Å². The van der Waals surface area contributed by atoms with Crippen LogP contribution in [-0.2, 0) is 16.0 Å². The first kappa shape index (κ1) is 28.8. The Morgan fingerprint density at radius 1 is 1.05 bits per heavy atom. The topological polar surface area (TPSA) is 83.4 Å². The molecule has 0 radical (unpaired) electrons. The number of ether oxygens (including phenoxy) is 2. The van der Waals surface area contributed by atoms with Crippen LogP contribution in [0.3, 0.4) is 0 Å². The summed E-state index contributed by atoms with van der Waals surface area (Å²) >= 11 is 3.67. The fourth-order valence-electron chi connectivity index (χ4n) is 4.59. The molecule has 1 aliphatic rings. The van der Waals surface area contributed by atoms with Gasteiger partial charge in [-0.2, -0.15) is 0 Å². The molecule has 0 fully saturated rings. The monoisotopic (exact) mass is 593 g/mol. The molecule has 0 saturated heterocycles. The molecule has 0 bridgehead atoms. The molecule has 2 atom stereocenters. The Kier molecular flexibility index (Phi) is 10.1. The van der Waals surface area contributed by atoms with Crippen LogP contribution in [0.15, 0.2) is 88.3 Å². The zero-order valence-corrected chi connectivity index (χ0v) is 24.1. The van der Waals surface area contributed by atoms with E-state index in [1.165, 1.54) is 0 Å². The molecule has 206 valence electrons. The summed E-state index contributed by atoms with van der Waals surface area (Å²) in [5.41, 5.74) is 1.41. The van der Waals surface area contributed by atoms with Crippen molar-refractivity contribution in [3.8, 4) is 5.75 Å². The van der Waals surface area contributed by atoms with Gasteiger partial charge in [0.1, 0.15) is 5.75 Å². The second-order valence-corrected chi connectivity index (χ2v) is 10.7. The quantitative estimate of drug-likeness (QED) is 0.279. The van der Waals surface area contributed by atoms with Crippen molar-refractivity contribution >= 4 is 27.7 Å². The van der Waals surface area contributed by atoms with Gasteiger partial charge in [-0.25, -0.2) is 4.99 Å². The summed E-state index contributed by atoms with van der Waals surface area (Å²) in [7, 11) is 4.04. The minimum Gasteiger partial charge on any atom is -0.494 e. The van der Waals surface area contributed by atoms with Crippen molar-refractivity contribution in [2.75, 3.05) is 40.4 Å². The van der Waals surface area contributed by atoms with E-state index in [-0.39, 0.29) is 12.5 Å². The summed E-state index contributed by atoms with van der Waals surface area (Å²) in [6, 6.07) is 25.2. The minimum atomic E-state index is -1.21. The third kappa shape index (κ3) is 7.26. The Bertz CT molecular complexity index is 1250. The third-order valence-corrected chi connectivity index (χ3v) is 7.39. The fraction of sp³-hybridized carbons (Fsp3) is 0.355. The first-order valence-electron chi connectivity index (χ1n) is 13.2. The van der Waals surface area contributed by atoms with Gasteiger partial charge in [0, 0.05) is 36.0 Å². The number of carbonyl (C=O) groups is 1. The van der Waals surface area contributed by atoms with Crippen LogP contribution < -0.4 is 10.1 Å². The predicted molar refractivity (Wildman–Crippen MR) is 157 cm³/mol. The Morgan fingerprint density at radius 2 is 1.77 bits per heavy atom. The zero-order chi connectivity index (χ0) is 27.7. The lowest BCUT2D eigenvalue weighted by Crippen LogP contribution is -2.50. The number of nitrogens with zero attached hydrogens (tertiary/aromatic N) is 2. The summed E-state index contributed by atoms with van der Waals surface area (Å²) in [6.07, 6.45) is 1.14. The van der Waals surface area contributed by atoms with Crippen molar-refractivity contribution in [2.45, 2.75) is 30.9 Å². The van der Waals surface area contributed by atoms with Gasteiger partial charge in [0.25, 0.3) is 5.91 Å². The average molecular weight is 595 g/mol. The van der Waals surface area contributed by atoms with E-state index < -0.39 is 11.6 Å². The number of aliphatic imine (C=N–C) groups is 1. The number of benzene rings is 3. The maximum Gasteiger partial charge on any atom is 0.252 e. The second-order valence-electron chi connectivity index (χ2n) is 9.88. The van der Waals surface area contributed by atoms with Crippen LogP contribution in [0, 0.1) is 0 Å². The molecule has 8 heteroatoms. The summed E-state index contributed by atoms with van der Waals surface area (Å²) in [5.74, 6) is 0.953. The lowest BCUT2D eigenvalue weighted by Gasteiger charge is -2.31. The van der Waals surface area contributed by atoms with Crippen molar-refractivity contribution in [1.29, 1.82) is 0 Å². The van der Waals surface area contributed by atoms with Crippen molar-refractivity contribution in [2.24, 2.45) is 4.99 Å². The van der Waals surface area contributed by atoms with Gasteiger partial charge in [-0.3, -0.25) is 4.79 Å². The van der Waals surface area contributed by atoms with Crippen molar-refractivity contribution < 1.29 is 19.4 Å². The molecule has 0 spiro atoms. The number of nitrogens with one attached hydrogen (secondary N) is 1. The highest BCUT2D eigenvalue weighted by molar-refractivity contribution is 9.10. The van der Waals surface area contributed by atoms with Gasteiger partial charge in [0.05, 0.1) is 6.61 Å². The van der Waals surface area contributed by atoms with Crippen LogP contribution in [0.1, 0.15) is 35.6 Å². The Morgan fingerprint density at radius 3 is 2.46 bits per heavy atom. The maximum absolute atomic E-state index is 14.1. The summed E-state index contributed by atoms with van der Waals surface area (Å²) < 4.78 is 13.2. The molecule has 3 aromatic rings. The van der Waals surface area contributed by atoms with Gasteiger partial charge < -0.3 is 24.8 Å². The minimum absolute atomic E-state index is 0.0838. The molecule has 0 unspecified atom stereocenters. The number of aliphatic hydroxyl groups excluding tert-OH is 1. The lowest BCUT2D eigenvalue weighted by molar-refractivity contribution is -0.128. The third-order valence-electron chi connectivity index (χ3n) is 6.62. The maximum atomic E-state index is 14.1. The summed E-state index contributed by atoms with van der Waals surface area (Å²) in [4.78, 5) is 21.3. The largest absolute Gasteiger partial charge is 0.494 e. The molecule has 2 N–H and O–H groups in total. The van der Waals surface area contributed by atoms with E-state index in [0.717, 1.165) is 34.1 Å². The fourth-order valence-corrected chi connectivity index (χ4v) is 5.02. The van der Waals surface area contributed by atoms with Gasteiger partial charge in [0.2, 0.25) is 5.90 Å². The standard InChI is InChI=1S/C31H36BrN3O4/c1-35(2)19-8-18-33-30(37)31(22-25-12-6-7-13-27(25)32)28(23-10-4-3-5-11-23)39-29(34-31)24-14-16-26(17-15-24)38-21-9-20-36/h3-7,10-17,28,36H,8-9,18-22H2,1-2H3,(H,33,37)/t28-,31-/m1/s1. The number of halogens is 1. The molecule has 7 nitrogen and oxygen atoms in total. The molecule has 1 amide bonds. The molecular weight excluding hydrogens is 558 g/mol. The predicted octanol–water partition coefficient (Wildman–Crippen LogP) is 4.78. The number of aliphatic hydroxyl groups is 1. The van der Waals surface area contributed by atoms with E-state index in [4.69, 9.17) is 19.6 Å². The zero-order valence-electron chi connectivity index (χ0n) is 22.5. The number of hydrogen-bond acceptors (Lipinski definition) is 6. The lowest BCUT2D eigenvalue weighted by atomic mass is 9.82. The van der Waals surface area contributed by atoms with Crippen molar-refractivity contribution in [1.82, 2.24) is 10.2 Å². The molecule has 3 aromatic carbocycles. The van der Waals surface area contributed by atoms with E-state index in [1.807, 2.05) is 93.0 Å². The van der Waals surface area contributed by atoms with E-state index in [0.29, 0.717) is 37.6 Å². The van der Waals surface area contributed by atoms with Crippen LogP contribution >= 0.6 is 15.9 Å². The smallest absolute Gasteiger partial charge is 0.252 e.